The molecule has 0 radical (unpaired) electrons. The Hall–Kier alpha value is -1.23. The summed E-state index contributed by atoms with van der Waals surface area (Å²) in [5.74, 6) is 0.989. The van der Waals surface area contributed by atoms with E-state index in [1.165, 1.54) is 25.7 Å². The summed E-state index contributed by atoms with van der Waals surface area (Å²) < 4.78 is 1.01. The van der Waals surface area contributed by atoms with E-state index < -0.39 is 0 Å². The number of nitrogens with two attached hydrogens (primary N) is 1. The first-order chi connectivity index (χ1) is 9.65. The number of nitrogens with zero attached hydrogens (tertiary/aromatic N) is 2. The SMILES string of the molecule is CCC1CCCN(c2cc(Br)ccc2/C(N)=N/O)CC1. The molecule has 3 N–H and O–H groups in total. The molecule has 2 rings (SSSR count). The zero-order chi connectivity index (χ0) is 14.5. The quantitative estimate of drug-likeness (QED) is 0.383. The van der Waals surface area contributed by atoms with Crippen LogP contribution in [0.4, 0.5) is 5.69 Å². The molecule has 5 heteroatoms. The van der Waals surface area contributed by atoms with E-state index in [0.29, 0.717) is 0 Å². The number of anilines is 1. The second-order valence-corrected chi connectivity index (χ2v) is 6.25. The van der Waals surface area contributed by atoms with Gasteiger partial charge in [-0.15, -0.1) is 0 Å². The van der Waals surface area contributed by atoms with Crippen LogP contribution in [0.15, 0.2) is 27.8 Å². The van der Waals surface area contributed by atoms with Crippen LogP contribution >= 0.6 is 15.9 Å². The maximum absolute atomic E-state index is 8.95. The Labute approximate surface area is 128 Å². The number of hydrogen-bond acceptors (Lipinski definition) is 3. The molecule has 20 heavy (non-hydrogen) atoms. The molecule has 0 bridgehead atoms. The Morgan fingerprint density at radius 3 is 2.95 bits per heavy atom. The fraction of sp³-hybridized carbons (Fsp3) is 0.533. The zero-order valence-electron chi connectivity index (χ0n) is 11.8. The smallest absolute Gasteiger partial charge is 0.172 e. The molecule has 1 aliphatic rings. The molecule has 0 amide bonds. The van der Waals surface area contributed by atoms with Gasteiger partial charge in [0.05, 0.1) is 0 Å². The van der Waals surface area contributed by atoms with Crippen molar-refractivity contribution in [3.05, 3.63) is 28.2 Å². The van der Waals surface area contributed by atoms with Crippen LogP contribution in [-0.4, -0.2) is 24.1 Å². The summed E-state index contributed by atoms with van der Waals surface area (Å²) >= 11 is 3.51. The fourth-order valence-corrected chi connectivity index (χ4v) is 3.20. The van der Waals surface area contributed by atoms with Gasteiger partial charge >= 0.3 is 0 Å². The highest BCUT2D eigenvalue weighted by Gasteiger charge is 2.19. The second kappa shape index (κ2) is 6.97. The van der Waals surface area contributed by atoms with Crippen LogP contribution in [0, 0.1) is 5.92 Å². The lowest BCUT2D eigenvalue weighted by Gasteiger charge is -2.25. The lowest BCUT2D eigenvalue weighted by atomic mass is 9.98. The molecule has 1 fully saturated rings. The molecule has 110 valence electrons. The van der Waals surface area contributed by atoms with Crippen molar-refractivity contribution in [1.82, 2.24) is 0 Å². The van der Waals surface area contributed by atoms with E-state index in [0.717, 1.165) is 34.7 Å². The minimum absolute atomic E-state index is 0.170. The molecule has 4 nitrogen and oxygen atoms in total. The van der Waals surface area contributed by atoms with Gasteiger partial charge in [-0.25, -0.2) is 0 Å². The Balaban J connectivity index is 2.29. The number of oxime groups is 1. The van der Waals surface area contributed by atoms with Crippen molar-refractivity contribution in [2.75, 3.05) is 18.0 Å². The van der Waals surface area contributed by atoms with Crippen LogP contribution in [-0.2, 0) is 0 Å². The lowest BCUT2D eigenvalue weighted by Crippen LogP contribution is -2.27. The minimum Gasteiger partial charge on any atom is -0.409 e. The van der Waals surface area contributed by atoms with Crippen molar-refractivity contribution < 1.29 is 5.21 Å². The molecule has 1 aromatic rings. The number of amidine groups is 1. The van der Waals surface area contributed by atoms with E-state index in [1.54, 1.807) is 0 Å². The van der Waals surface area contributed by atoms with E-state index in [9.17, 15) is 0 Å². The van der Waals surface area contributed by atoms with Crippen molar-refractivity contribution in [3.63, 3.8) is 0 Å². The molecule has 0 aromatic heterocycles. The van der Waals surface area contributed by atoms with Crippen LogP contribution in [0.3, 0.4) is 0 Å². The summed E-state index contributed by atoms with van der Waals surface area (Å²) in [6.07, 6.45) is 4.94. The van der Waals surface area contributed by atoms with E-state index in [-0.39, 0.29) is 5.84 Å². The van der Waals surface area contributed by atoms with Crippen LogP contribution in [0.5, 0.6) is 0 Å². The normalized spacial score (nSPS) is 20.8. The summed E-state index contributed by atoms with van der Waals surface area (Å²) in [6.45, 7) is 4.32. The van der Waals surface area contributed by atoms with Gasteiger partial charge in [0.25, 0.3) is 0 Å². The van der Waals surface area contributed by atoms with Gasteiger partial charge in [-0.3, -0.25) is 0 Å². The largest absolute Gasteiger partial charge is 0.409 e. The summed E-state index contributed by atoms with van der Waals surface area (Å²) in [5.41, 5.74) is 7.65. The number of benzene rings is 1. The third-order valence-electron chi connectivity index (χ3n) is 4.11. The highest BCUT2D eigenvalue weighted by molar-refractivity contribution is 9.10. The number of rotatable bonds is 3. The van der Waals surface area contributed by atoms with Crippen molar-refractivity contribution in [3.8, 4) is 0 Å². The van der Waals surface area contributed by atoms with Gasteiger partial charge in [0.2, 0.25) is 0 Å². The molecule has 1 unspecified atom stereocenters. The topological polar surface area (TPSA) is 61.8 Å². The summed E-state index contributed by atoms with van der Waals surface area (Å²) in [5, 5.41) is 12.1. The summed E-state index contributed by atoms with van der Waals surface area (Å²) in [7, 11) is 0. The highest BCUT2D eigenvalue weighted by Crippen LogP contribution is 2.29. The van der Waals surface area contributed by atoms with Crippen LogP contribution in [0.1, 0.15) is 38.2 Å². The third kappa shape index (κ3) is 3.45. The van der Waals surface area contributed by atoms with Gasteiger partial charge in [-0.05, 0) is 43.4 Å². The zero-order valence-corrected chi connectivity index (χ0v) is 13.4. The molecular weight excluding hydrogens is 318 g/mol. The third-order valence-corrected chi connectivity index (χ3v) is 4.60. The molecule has 0 saturated carbocycles. The standard InChI is InChI=1S/C15H22BrN3O/c1-2-11-4-3-8-19(9-7-11)14-10-12(16)5-6-13(14)15(17)18-20/h5-6,10-11,20H,2-4,7-9H2,1H3,(H2,17,18). The first-order valence-corrected chi connectivity index (χ1v) is 7.97. The van der Waals surface area contributed by atoms with Crippen LogP contribution in [0.2, 0.25) is 0 Å². The molecule has 0 spiro atoms. The summed E-state index contributed by atoms with van der Waals surface area (Å²) in [4.78, 5) is 2.35. The average molecular weight is 340 g/mol. The Bertz CT molecular complexity index is 490. The second-order valence-electron chi connectivity index (χ2n) is 5.34. The van der Waals surface area contributed by atoms with Crippen LogP contribution in [0.25, 0.3) is 0 Å². The van der Waals surface area contributed by atoms with Gasteiger partial charge in [0, 0.05) is 28.8 Å². The van der Waals surface area contributed by atoms with E-state index in [4.69, 9.17) is 10.9 Å². The average Bonchev–Trinajstić information content (AvgIpc) is 2.71. The first kappa shape index (κ1) is 15.2. The Morgan fingerprint density at radius 2 is 2.25 bits per heavy atom. The van der Waals surface area contributed by atoms with E-state index >= 15 is 0 Å². The Kier molecular flexibility index (Phi) is 5.29. The summed E-state index contributed by atoms with van der Waals surface area (Å²) in [6, 6.07) is 5.87. The predicted octanol–water partition coefficient (Wildman–Crippen LogP) is 3.56. The monoisotopic (exact) mass is 339 g/mol. The van der Waals surface area contributed by atoms with E-state index in [1.807, 2.05) is 12.1 Å². The van der Waals surface area contributed by atoms with Gasteiger partial charge < -0.3 is 15.8 Å². The molecular formula is C15H22BrN3O. The van der Waals surface area contributed by atoms with E-state index in [2.05, 4.69) is 39.0 Å². The van der Waals surface area contributed by atoms with Crippen molar-refractivity contribution in [2.45, 2.75) is 32.6 Å². The van der Waals surface area contributed by atoms with Crippen molar-refractivity contribution >= 4 is 27.5 Å². The predicted molar refractivity (Wildman–Crippen MR) is 86.5 cm³/mol. The number of hydrogen-bond donors (Lipinski definition) is 2. The number of halogens is 1. The Morgan fingerprint density at radius 1 is 1.45 bits per heavy atom. The maximum Gasteiger partial charge on any atom is 0.172 e. The van der Waals surface area contributed by atoms with Gasteiger partial charge in [-0.1, -0.05) is 34.4 Å². The highest BCUT2D eigenvalue weighted by atomic mass is 79.9. The molecule has 1 aromatic carbocycles. The fourth-order valence-electron chi connectivity index (χ4n) is 2.85. The van der Waals surface area contributed by atoms with Crippen molar-refractivity contribution in [1.29, 1.82) is 0 Å². The minimum atomic E-state index is 0.170. The van der Waals surface area contributed by atoms with Gasteiger partial charge in [0.1, 0.15) is 0 Å². The molecule has 1 atom stereocenters. The molecule has 0 aliphatic carbocycles. The van der Waals surface area contributed by atoms with Crippen molar-refractivity contribution in [2.24, 2.45) is 16.8 Å². The maximum atomic E-state index is 8.95. The van der Waals surface area contributed by atoms with Crippen LogP contribution < -0.4 is 10.6 Å². The van der Waals surface area contributed by atoms with Gasteiger partial charge in [0.15, 0.2) is 5.84 Å². The first-order valence-electron chi connectivity index (χ1n) is 7.18. The van der Waals surface area contributed by atoms with Gasteiger partial charge in [-0.2, -0.15) is 0 Å². The molecule has 1 saturated heterocycles. The lowest BCUT2D eigenvalue weighted by molar-refractivity contribution is 0.318. The molecule has 1 heterocycles. The molecule has 1 aliphatic heterocycles.